The third-order valence-corrected chi connectivity index (χ3v) is 3.66. The SMILES string of the molecule is C=C(C(=O)OCC1CCN(C(C)=O)CC1)C(C)(C)C.CN. The van der Waals surface area contributed by atoms with Crippen LogP contribution in [0.4, 0.5) is 0 Å². The average Bonchev–Trinajstić information content (AvgIpc) is 2.45. The Morgan fingerprint density at radius 1 is 1.24 bits per heavy atom. The monoisotopic (exact) mass is 298 g/mol. The minimum atomic E-state index is -0.304. The molecule has 0 aromatic rings. The van der Waals surface area contributed by atoms with Crippen LogP contribution in [0.1, 0.15) is 40.5 Å². The highest BCUT2D eigenvalue weighted by molar-refractivity contribution is 5.89. The van der Waals surface area contributed by atoms with Crippen LogP contribution in [0.5, 0.6) is 0 Å². The second kappa shape index (κ2) is 8.82. The summed E-state index contributed by atoms with van der Waals surface area (Å²) in [6.45, 7) is 13.2. The van der Waals surface area contributed by atoms with Crippen molar-refractivity contribution in [1.29, 1.82) is 0 Å². The summed E-state index contributed by atoms with van der Waals surface area (Å²) in [5, 5.41) is 0. The number of amides is 1. The normalized spacial score (nSPS) is 15.8. The van der Waals surface area contributed by atoms with E-state index in [4.69, 9.17) is 4.74 Å². The first-order chi connectivity index (χ1) is 9.71. The lowest BCUT2D eigenvalue weighted by molar-refractivity contribution is -0.142. The summed E-state index contributed by atoms with van der Waals surface area (Å²) in [5.41, 5.74) is 4.75. The third-order valence-electron chi connectivity index (χ3n) is 3.66. The Labute approximate surface area is 128 Å². The van der Waals surface area contributed by atoms with E-state index in [1.165, 1.54) is 7.05 Å². The van der Waals surface area contributed by atoms with E-state index in [-0.39, 0.29) is 17.3 Å². The van der Waals surface area contributed by atoms with Crippen LogP contribution in [0, 0.1) is 11.3 Å². The van der Waals surface area contributed by atoms with Gasteiger partial charge < -0.3 is 15.4 Å². The zero-order chi connectivity index (χ0) is 16.6. The lowest BCUT2D eigenvalue weighted by Crippen LogP contribution is -2.38. The summed E-state index contributed by atoms with van der Waals surface area (Å²) < 4.78 is 5.32. The molecule has 0 unspecified atom stereocenters. The highest BCUT2D eigenvalue weighted by atomic mass is 16.5. The van der Waals surface area contributed by atoms with Crippen molar-refractivity contribution in [3.05, 3.63) is 12.2 Å². The number of carbonyl (C=O) groups excluding carboxylic acids is 2. The van der Waals surface area contributed by atoms with Gasteiger partial charge in [-0.25, -0.2) is 4.79 Å². The Hall–Kier alpha value is -1.36. The molecule has 1 aliphatic heterocycles. The molecule has 0 bridgehead atoms. The van der Waals surface area contributed by atoms with E-state index >= 15 is 0 Å². The van der Waals surface area contributed by atoms with Gasteiger partial charge in [-0.05, 0) is 31.2 Å². The maximum absolute atomic E-state index is 11.8. The first-order valence-corrected chi connectivity index (χ1v) is 7.41. The molecule has 1 amide bonds. The van der Waals surface area contributed by atoms with Gasteiger partial charge in [-0.15, -0.1) is 0 Å². The predicted molar refractivity (Wildman–Crippen MR) is 84.6 cm³/mol. The molecule has 0 saturated carbocycles. The molecule has 1 heterocycles. The van der Waals surface area contributed by atoms with Gasteiger partial charge in [-0.1, -0.05) is 27.4 Å². The standard InChI is InChI=1S/C15H25NO3.CH5N/c1-11(15(3,4)5)14(18)19-10-13-6-8-16(9-7-13)12(2)17;1-2/h13H,1,6-10H2,2-5H3;2H2,1H3. The predicted octanol–water partition coefficient (Wildman–Crippen LogP) is 1.97. The number of esters is 1. The minimum absolute atomic E-state index is 0.122. The quantitative estimate of drug-likeness (QED) is 0.638. The van der Waals surface area contributed by atoms with Crippen LogP contribution < -0.4 is 5.73 Å². The summed E-state index contributed by atoms with van der Waals surface area (Å²) in [5.74, 6) is 0.172. The second-order valence-electron chi connectivity index (χ2n) is 6.28. The van der Waals surface area contributed by atoms with Crippen LogP contribution in [0.3, 0.4) is 0 Å². The average molecular weight is 298 g/mol. The minimum Gasteiger partial charge on any atom is -0.462 e. The molecule has 21 heavy (non-hydrogen) atoms. The number of piperidine rings is 1. The zero-order valence-corrected chi connectivity index (χ0v) is 14.1. The van der Waals surface area contributed by atoms with Crippen LogP contribution >= 0.6 is 0 Å². The van der Waals surface area contributed by atoms with Crippen molar-refractivity contribution in [2.45, 2.75) is 40.5 Å². The van der Waals surface area contributed by atoms with Crippen molar-refractivity contribution in [3.8, 4) is 0 Å². The molecule has 1 aliphatic rings. The van der Waals surface area contributed by atoms with Crippen LogP contribution in [0.15, 0.2) is 12.2 Å². The Bertz CT molecular complexity index is 364. The fourth-order valence-corrected chi connectivity index (χ4v) is 2.00. The number of hydrogen-bond acceptors (Lipinski definition) is 4. The Balaban J connectivity index is 0.00000191. The number of hydrogen-bond donors (Lipinski definition) is 1. The van der Waals surface area contributed by atoms with Gasteiger partial charge in [0.1, 0.15) is 0 Å². The second-order valence-corrected chi connectivity index (χ2v) is 6.28. The fourth-order valence-electron chi connectivity index (χ4n) is 2.00. The van der Waals surface area contributed by atoms with E-state index in [1.807, 2.05) is 25.7 Å². The van der Waals surface area contributed by atoms with Gasteiger partial charge in [0.15, 0.2) is 0 Å². The maximum Gasteiger partial charge on any atom is 0.333 e. The molecule has 0 radical (unpaired) electrons. The Kier molecular flexibility index (Phi) is 8.25. The molecule has 1 rings (SSSR count). The van der Waals surface area contributed by atoms with E-state index < -0.39 is 0 Å². The number of carbonyl (C=O) groups is 2. The summed E-state index contributed by atoms with van der Waals surface area (Å²) in [4.78, 5) is 24.9. The van der Waals surface area contributed by atoms with Gasteiger partial charge in [0.2, 0.25) is 5.91 Å². The van der Waals surface area contributed by atoms with E-state index in [9.17, 15) is 9.59 Å². The van der Waals surface area contributed by atoms with Crippen molar-refractivity contribution in [2.75, 3.05) is 26.7 Å². The van der Waals surface area contributed by atoms with Gasteiger partial charge >= 0.3 is 5.97 Å². The van der Waals surface area contributed by atoms with Crippen molar-refractivity contribution >= 4 is 11.9 Å². The highest BCUT2D eigenvalue weighted by Crippen LogP contribution is 2.25. The molecule has 1 saturated heterocycles. The Morgan fingerprint density at radius 2 is 1.71 bits per heavy atom. The summed E-state index contributed by atoms with van der Waals surface area (Å²) in [7, 11) is 1.50. The highest BCUT2D eigenvalue weighted by Gasteiger charge is 2.25. The molecule has 0 aromatic heterocycles. The number of nitrogens with two attached hydrogens (primary N) is 1. The summed E-state index contributed by atoms with van der Waals surface area (Å²) >= 11 is 0. The first kappa shape index (κ1) is 19.6. The largest absolute Gasteiger partial charge is 0.462 e. The molecule has 0 spiro atoms. The third kappa shape index (κ3) is 6.76. The Morgan fingerprint density at radius 3 is 2.10 bits per heavy atom. The lowest BCUT2D eigenvalue weighted by Gasteiger charge is -2.31. The van der Waals surface area contributed by atoms with Crippen molar-refractivity contribution < 1.29 is 14.3 Å². The van der Waals surface area contributed by atoms with Gasteiger partial charge in [0.05, 0.1) is 6.61 Å². The summed E-state index contributed by atoms with van der Waals surface area (Å²) in [6, 6.07) is 0. The molecule has 5 nitrogen and oxygen atoms in total. The van der Waals surface area contributed by atoms with Crippen molar-refractivity contribution in [1.82, 2.24) is 4.90 Å². The molecule has 5 heteroatoms. The van der Waals surface area contributed by atoms with E-state index in [2.05, 4.69) is 12.3 Å². The number of nitrogens with zero attached hydrogens (tertiary/aromatic N) is 1. The maximum atomic E-state index is 11.8. The molecule has 1 fully saturated rings. The lowest BCUT2D eigenvalue weighted by atomic mass is 9.88. The molecule has 0 atom stereocenters. The fraction of sp³-hybridized carbons (Fsp3) is 0.750. The molecule has 2 N–H and O–H groups in total. The van der Waals surface area contributed by atoms with Crippen molar-refractivity contribution in [3.63, 3.8) is 0 Å². The number of likely N-dealkylation sites (tertiary alicyclic amines) is 1. The molecule has 0 aromatic carbocycles. The number of ether oxygens (including phenoxy) is 1. The van der Waals surface area contributed by atoms with Gasteiger partial charge in [-0.3, -0.25) is 4.79 Å². The first-order valence-electron chi connectivity index (χ1n) is 7.41. The molecule has 0 aliphatic carbocycles. The zero-order valence-electron chi connectivity index (χ0n) is 14.1. The van der Waals surface area contributed by atoms with Crippen LogP contribution in [-0.2, 0) is 14.3 Å². The van der Waals surface area contributed by atoms with E-state index in [0.29, 0.717) is 18.1 Å². The van der Waals surface area contributed by atoms with Crippen LogP contribution in [0.25, 0.3) is 0 Å². The van der Waals surface area contributed by atoms with Gasteiger partial charge in [0, 0.05) is 25.6 Å². The van der Waals surface area contributed by atoms with Crippen molar-refractivity contribution in [2.24, 2.45) is 17.1 Å². The molecule has 122 valence electrons. The molecular formula is C16H30N2O3. The van der Waals surface area contributed by atoms with E-state index in [1.54, 1.807) is 6.92 Å². The van der Waals surface area contributed by atoms with Crippen LogP contribution in [-0.4, -0.2) is 43.5 Å². The molecular weight excluding hydrogens is 268 g/mol. The topological polar surface area (TPSA) is 72.6 Å². The smallest absolute Gasteiger partial charge is 0.333 e. The van der Waals surface area contributed by atoms with Crippen LogP contribution in [0.2, 0.25) is 0 Å². The van der Waals surface area contributed by atoms with Gasteiger partial charge in [-0.2, -0.15) is 0 Å². The van der Waals surface area contributed by atoms with Gasteiger partial charge in [0.25, 0.3) is 0 Å². The number of rotatable bonds is 3. The van der Waals surface area contributed by atoms with E-state index in [0.717, 1.165) is 25.9 Å². The summed E-state index contributed by atoms with van der Waals surface area (Å²) in [6.07, 6.45) is 1.80.